The molecule has 1 heteroatoms. The Morgan fingerprint density at radius 2 is 0.702 bits per heavy atom. The topological polar surface area (TPSA) is 3.24 Å². The van der Waals surface area contributed by atoms with E-state index < -0.39 is 0 Å². The van der Waals surface area contributed by atoms with Gasteiger partial charge in [0, 0.05) is 18.1 Å². The van der Waals surface area contributed by atoms with Gasteiger partial charge in [-0.15, -0.1) is 0 Å². The molecule has 9 rings (SSSR count). The highest BCUT2D eigenvalue weighted by molar-refractivity contribution is 5.04. The van der Waals surface area contributed by atoms with Crippen LogP contribution in [0, 0.1) is 71.0 Å². The highest BCUT2D eigenvalue weighted by Crippen LogP contribution is 2.60. The van der Waals surface area contributed by atoms with Crippen molar-refractivity contribution in [1.29, 1.82) is 0 Å². The first-order valence-corrected chi connectivity index (χ1v) is 23.1. The number of fused-ring (bicyclic) bond motifs is 4. The van der Waals surface area contributed by atoms with Crippen molar-refractivity contribution in [2.24, 2.45) is 71.0 Å². The van der Waals surface area contributed by atoms with E-state index in [-0.39, 0.29) is 0 Å². The van der Waals surface area contributed by atoms with Crippen LogP contribution >= 0.6 is 0 Å². The molecule has 0 spiro atoms. The average molecular weight is 644 g/mol. The van der Waals surface area contributed by atoms with E-state index in [0.717, 1.165) is 89.1 Å². The summed E-state index contributed by atoms with van der Waals surface area (Å²) in [6.45, 7) is 0. The second-order valence-electron chi connectivity index (χ2n) is 20.5. The zero-order chi connectivity index (χ0) is 31.2. The SMILES string of the molecule is C1CCC(C2CCC(N(C3CCCCC3)C3CCC4C(CC5CCCC(C6CCC(C7CC8CCCCC8C7)CC6)C54)C3)CC2)CC1. The molecule has 0 radical (unpaired) electrons. The van der Waals surface area contributed by atoms with Gasteiger partial charge < -0.3 is 0 Å². The molecule has 0 aromatic rings. The van der Waals surface area contributed by atoms with Crippen molar-refractivity contribution in [3.8, 4) is 0 Å². The summed E-state index contributed by atoms with van der Waals surface area (Å²) < 4.78 is 0. The van der Waals surface area contributed by atoms with E-state index >= 15 is 0 Å². The lowest BCUT2D eigenvalue weighted by atomic mass is 9.60. The molecular weight excluding hydrogens is 567 g/mol. The second kappa shape index (κ2) is 14.9. The standard InChI is InChI=1S/C46H77N/c1-3-10-32(11-4-1)33-22-24-42(25-23-33)47(41-15-5-2-6-16-41)43-26-27-45-40(31-43)30-38-14-9-17-44(46(38)45)35-20-18-34(19-21-35)39-28-36-12-7-8-13-37(36)29-39/h32-46H,1-31H2. The maximum absolute atomic E-state index is 3.33. The number of hydrogen-bond donors (Lipinski definition) is 0. The fraction of sp³-hybridized carbons (Fsp3) is 1.00. The molecule has 0 aliphatic heterocycles. The summed E-state index contributed by atoms with van der Waals surface area (Å²) in [5.74, 6) is 13.4. The second-order valence-corrected chi connectivity index (χ2v) is 20.5. The molecule has 8 unspecified atom stereocenters. The molecule has 0 bridgehead atoms. The monoisotopic (exact) mass is 644 g/mol. The smallest absolute Gasteiger partial charge is 0.0104 e. The van der Waals surface area contributed by atoms with Crippen LogP contribution in [0.4, 0.5) is 0 Å². The third-order valence-electron chi connectivity index (χ3n) is 18.5. The number of hydrogen-bond acceptors (Lipinski definition) is 1. The predicted octanol–water partition coefficient (Wildman–Crippen LogP) is 13.0. The molecule has 8 atom stereocenters. The summed E-state index contributed by atoms with van der Waals surface area (Å²) in [5, 5.41) is 0. The van der Waals surface area contributed by atoms with Crippen LogP contribution in [0.3, 0.4) is 0 Å². The Hall–Kier alpha value is -0.0400. The van der Waals surface area contributed by atoms with Gasteiger partial charge in [-0.05, 0) is 180 Å². The maximum Gasteiger partial charge on any atom is 0.0104 e. The van der Waals surface area contributed by atoms with E-state index in [4.69, 9.17) is 0 Å². The number of rotatable bonds is 6. The van der Waals surface area contributed by atoms with E-state index in [2.05, 4.69) is 4.90 Å². The predicted molar refractivity (Wildman–Crippen MR) is 198 cm³/mol. The molecule has 9 fully saturated rings. The van der Waals surface area contributed by atoms with Crippen molar-refractivity contribution in [3.63, 3.8) is 0 Å². The lowest BCUT2D eigenvalue weighted by Crippen LogP contribution is -2.53. The first-order valence-electron chi connectivity index (χ1n) is 23.1. The van der Waals surface area contributed by atoms with Gasteiger partial charge >= 0.3 is 0 Å². The van der Waals surface area contributed by atoms with Crippen LogP contribution in [0.5, 0.6) is 0 Å². The van der Waals surface area contributed by atoms with Gasteiger partial charge in [0.05, 0.1) is 0 Å². The minimum Gasteiger partial charge on any atom is -0.294 e. The molecule has 0 aromatic heterocycles. The lowest BCUT2D eigenvalue weighted by molar-refractivity contribution is -0.0160. The van der Waals surface area contributed by atoms with Crippen LogP contribution in [0.2, 0.25) is 0 Å². The summed E-state index contributed by atoms with van der Waals surface area (Å²) >= 11 is 0. The van der Waals surface area contributed by atoms with Gasteiger partial charge in [0.25, 0.3) is 0 Å². The molecule has 0 N–H and O–H groups in total. The van der Waals surface area contributed by atoms with Crippen LogP contribution in [0.1, 0.15) is 199 Å². The lowest BCUT2D eigenvalue weighted by Gasteiger charge is -2.51. The molecule has 9 saturated carbocycles. The zero-order valence-corrected chi connectivity index (χ0v) is 31.0. The summed E-state index contributed by atoms with van der Waals surface area (Å²) in [5.41, 5.74) is 0. The third kappa shape index (κ3) is 6.84. The van der Waals surface area contributed by atoms with Crippen molar-refractivity contribution < 1.29 is 0 Å². The van der Waals surface area contributed by atoms with E-state index in [9.17, 15) is 0 Å². The Morgan fingerprint density at radius 1 is 0.234 bits per heavy atom. The molecule has 0 saturated heterocycles. The zero-order valence-electron chi connectivity index (χ0n) is 31.0. The largest absolute Gasteiger partial charge is 0.294 e. The molecule has 0 amide bonds. The Bertz CT molecular complexity index is 961. The minimum absolute atomic E-state index is 0.940. The van der Waals surface area contributed by atoms with Gasteiger partial charge in [0.1, 0.15) is 0 Å². The van der Waals surface area contributed by atoms with Crippen molar-refractivity contribution in [2.45, 2.75) is 217 Å². The van der Waals surface area contributed by atoms with E-state index in [1.54, 1.807) is 148 Å². The van der Waals surface area contributed by atoms with Crippen molar-refractivity contribution >= 4 is 0 Å². The summed E-state index contributed by atoms with van der Waals surface area (Å²) in [4.78, 5) is 3.33. The molecule has 47 heavy (non-hydrogen) atoms. The maximum atomic E-state index is 3.33. The van der Waals surface area contributed by atoms with Crippen molar-refractivity contribution in [1.82, 2.24) is 4.90 Å². The first-order chi connectivity index (χ1) is 23.3. The average Bonchev–Trinajstić information content (AvgIpc) is 3.75. The molecule has 9 aliphatic rings. The van der Waals surface area contributed by atoms with E-state index in [1.807, 2.05) is 0 Å². The highest BCUT2D eigenvalue weighted by atomic mass is 15.2. The Balaban J connectivity index is 0.829. The van der Waals surface area contributed by atoms with Gasteiger partial charge in [0.2, 0.25) is 0 Å². The van der Waals surface area contributed by atoms with Gasteiger partial charge in [-0.1, -0.05) is 89.9 Å². The van der Waals surface area contributed by atoms with Crippen LogP contribution in [0.25, 0.3) is 0 Å². The van der Waals surface area contributed by atoms with Gasteiger partial charge in [0.15, 0.2) is 0 Å². The highest BCUT2D eigenvalue weighted by Gasteiger charge is 2.53. The summed E-state index contributed by atoms with van der Waals surface area (Å²) in [6.07, 6.45) is 48.9. The van der Waals surface area contributed by atoms with E-state index in [1.165, 1.54) is 51.4 Å². The van der Waals surface area contributed by atoms with Crippen LogP contribution in [-0.4, -0.2) is 23.0 Å². The van der Waals surface area contributed by atoms with Crippen LogP contribution in [0.15, 0.2) is 0 Å². The van der Waals surface area contributed by atoms with Crippen molar-refractivity contribution in [2.75, 3.05) is 0 Å². The normalized spacial score (nSPS) is 48.6. The molecule has 266 valence electrons. The summed E-state index contributed by atoms with van der Waals surface area (Å²) in [7, 11) is 0. The number of nitrogens with zero attached hydrogens (tertiary/aromatic N) is 1. The fourth-order valence-electron chi connectivity index (χ4n) is 16.5. The fourth-order valence-corrected chi connectivity index (χ4v) is 16.5. The Morgan fingerprint density at radius 3 is 1.43 bits per heavy atom. The first kappa shape index (κ1) is 32.8. The van der Waals surface area contributed by atoms with Gasteiger partial charge in [-0.25, -0.2) is 0 Å². The molecule has 0 aromatic carbocycles. The third-order valence-corrected chi connectivity index (χ3v) is 18.5. The molecular formula is C46H77N. The quantitative estimate of drug-likeness (QED) is 0.278. The van der Waals surface area contributed by atoms with Crippen LogP contribution in [-0.2, 0) is 0 Å². The molecule has 1 nitrogen and oxygen atoms in total. The van der Waals surface area contributed by atoms with Gasteiger partial charge in [-0.2, -0.15) is 0 Å². The molecule has 9 aliphatic carbocycles. The summed E-state index contributed by atoms with van der Waals surface area (Å²) in [6, 6.07) is 2.83. The van der Waals surface area contributed by atoms with E-state index in [0.29, 0.717) is 0 Å². The van der Waals surface area contributed by atoms with Crippen LogP contribution < -0.4 is 0 Å². The van der Waals surface area contributed by atoms with Gasteiger partial charge in [-0.3, -0.25) is 4.90 Å². The Labute approximate surface area is 292 Å². The minimum atomic E-state index is 0.940. The molecule has 0 heterocycles. The Kier molecular flexibility index (Phi) is 10.4. The van der Waals surface area contributed by atoms with Crippen molar-refractivity contribution in [3.05, 3.63) is 0 Å².